The predicted molar refractivity (Wildman–Crippen MR) is 145 cm³/mol. The molecular weight excluding hydrogens is 420 g/mol. The molecule has 34 heavy (non-hydrogen) atoms. The van der Waals surface area contributed by atoms with Crippen LogP contribution in [0.1, 0.15) is 142 Å². The molecule has 0 amide bonds. The summed E-state index contributed by atoms with van der Waals surface area (Å²) in [6, 6.07) is 7.01. The van der Waals surface area contributed by atoms with Crippen molar-refractivity contribution in [2.75, 3.05) is 0 Å². The molecule has 0 heterocycles. The van der Waals surface area contributed by atoms with Crippen molar-refractivity contribution < 1.29 is 15.0 Å². The van der Waals surface area contributed by atoms with Gasteiger partial charge in [-0.15, -0.1) is 0 Å². The lowest BCUT2D eigenvalue weighted by molar-refractivity contribution is -0.157. The van der Waals surface area contributed by atoms with Gasteiger partial charge in [0.25, 0.3) is 0 Å². The van der Waals surface area contributed by atoms with Gasteiger partial charge in [0.2, 0.25) is 0 Å². The number of aliphatic carboxylic acids is 1. The molecular formula is C31H54O3. The normalized spacial score (nSPS) is 13.6. The average Bonchev–Trinajstić information content (AvgIpc) is 2.78. The van der Waals surface area contributed by atoms with Gasteiger partial charge in [-0.1, -0.05) is 143 Å². The van der Waals surface area contributed by atoms with Crippen LogP contribution in [-0.4, -0.2) is 16.2 Å². The molecule has 196 valence electrons. The van der Waals surface area contributed by atoms with Gasteiger partial charge in [0, 0.05) is 0 Å². The van der Waals surface area contributed by atoms with Crippen LogP contribution >= 0.6 is 0 Å². The number of phenols is 1. The smallest absolute Gasteiger partial charge is 0.310 e. The molecule has 0 bridgehead atoms. The Hall–Kier alpha value is -1.51. The van der Waals surface area contributed by atoms with E-state index in [1.54, 1.807) is 12.1 Å². The quantitative estimate of drug-likeness (QED) is 0.185. The van der Waals surface area contributed by atoms with Crippen LogP contribution in [0.5, 0.6) is 5.75 Å². The number of carboxylic acid groups (broad SMARTS) is 1. The van der Waals surface area contributed by atoms with E-state index in [2.05, 4.69) is 6.92 Å². The number of aromatic hydroxyl groups is 1. The molecule has 0 radical (unpaired) electrons. The van der Waals surface area contributed by atoms with Crippen LogP contribution < -0.4 is 0 Å². The molecule has 3 nitrogen and oxygen atoms in total. The number of unbranched alkanes of at least 4 members (excludes halogenated alkanes) is 15. The van der Waals surface area contributed by atoms with Gasteiger partial charge in [-0.05, 0) is 36.0 Å². The van der Waals surface area contributed by atoms with E-state index >= 15 is 0 Å². The van der Waals surface area contributed by atoms with Gasteiger partial charge in [-0.2, -0.15) is 0 Å². The fourth-order valence-electron chi connectivity index (χ4n) is 5.17. The summed E-state index contributed by atoms with van der Waals surface area (Å²) in [7, 11) is 0. The van der Waals surface area contributed by atoms with Crippen LogP contribution in [-0.2, 0) is 11.2 Å². The highest BCUT2D eigenvalue weighted by molar-refractivity contribution is 5.76. The first-order valence-corrected chi connectivity index (χ1v) is 14.2. The van der Waals surface area contributed by atoms with E-state index in [1.165, 1.54) is 89.9 Å². The van der Waals surface area contributed by atoms with Crippen molar-refractivity contribution in [2.45, 2.75) is 143 Å². The lowest BCUT2D eigenvalue weighted by Crippen LogP contribution is -2.45. The first-order valence-electron chi connectivity index (χ1n) is 14.2. The van der Waals surface area contributed by atoms with Gasteiger partial charge in [-0.25, -0.2) is 0 Å². The van der Waals surface area contributed by atoms with E-state index in [0.29, 0.717) is 12.8 Å². The van der Waals surface area contributed by atoms with Gasteiger partial charge in [0.15, 0.2) is 0 Å². The number of rotatable bonds is 20. The van der Waals surface area contributed by atoms with E-state index in [1.807, 2.05) is 32.9 Å². The Morgan fingerprint density at radius 1 is 0.676 bits per heavy atom. The maximum atomic E-state index is 12.5. The van der Waals surface area contributed by atoms with Gasteiger partial charge >= 0.3 is 5.97 Å². The Labute approximate surface area is 210 Å². The monoisotopic (exact) mass is 474 g/mol. The number of benzene rings is 1. The van der Waals surface area contributed by atoms with E-state index < -0.39 is 11.4 Å². The van der Waals surface area contributed by atoms with E-state index in [0.717, 1.165) is 18.4 Å². The maximum absolute atomic E-state index is 12.5. The van der Waals surface area contributed by atoms with Crippen molar-refractivity contribution in [1.82, 2.24) is 0 Å². The second-order valence-corrected chi connectivity index (χ2v) is 11.5. The molecule has 0 aromatic heterocycles. The van der Waals surface area contributed by atoms with Crippen molar-refractivity contribution in [3.8, 4) is 5.75 Å². The molecule has 1 rings (SSSR count). The molecule has 0 aliphatic heterocycles. The van der Waals surface area contributed by atoms with Gasteiger partial charge in [0.05, 0.1) is 5.41 Å². The number of hydrogen-bond donors (Lipinski definition) is 2. The van der Waals surface area contributed by atoms with Crippen molar-refractivity contribution in [1.29, 1.82) is 0 Å². The predicted octanol–water partition coefficient (Wildman–Crippen LogP) is 9.70. The Morgan fingerprint density at radius 2 is 1.06 bits per heavy atom. The summed E-state index contributed by atoms with van der Waals surface area (Å²) < 4.78 is 0. The third-order valence-corrected chi connectivity index (χ3v) is 7.74. The van der Waals surface area contributed by atoms with Gasteiger partial charge in [-0.3, -0.25) is 4.79 Å². The average molecular weight is 475 g/mol. The lowest BCUT2D eigenvalue weighted by atomic mass is 9.61. The maximum Gasteiger partial charge on any atom is 0.310 e. The third kappa shape index (κ3) is 11.8. The van der Waals surface area contributed by atoms with Crippen LogP contribution in [0.15, 0.2) is 24.3 Å². The molecule has 0 aliphatic rings. The van der Waals surface area contributed by atoms with Gasteiger partial charge in [0.1, 0.15) is 5.75 Å². The summed E-state index contributed by atoms with van der Waals surface area (Å²) in [6.07, 6.45) is 22.4. The van der Waals surface area contributed by atoms with Crippen LogP contribution in [0.2, 0.25) is 0 Å². The molecule has 0 saturated heterocycles. The Kier molecular flexibility index (Phi) is 15.3. The molecule has 1 aromatic rings. The summed E-state index contributed by atoms with van der Waals surface area (Å²) in [4.78, 5) is 12.5. The number of carboxylic acids is 1. The Bertz CT molecular complexity index is 644. The summed E-state index contributed by atoms with van der Waals surface area (Å²) in [5.74, 6) is -0.479. The van der Waals surface area contributed by atoms with Crippen molar-refractivity contribution in [3.05, 3.63) is 29.8 Å². The van der Waals surface area contributed by atoms with E-state index in [9.17, 15) is 15.0 Å². The number of hydrogen-bond acceptors (Lipinski definition) is 2. The van der Waals surface area contributed by atoms with E-state index in [4.69, 9.17) is 0 Å². The van der Waals surface area contributed by atoms with Crippen LogP contribution in [0.4, 0.5) is 0 Å². The molecule has 0 fully saturated rings. The fourth-order valence-corrected chi connectivity index (χ4v) is 5.17. The Morgan fingerprint density at radius 3 is 1.41 bits per heavy atom. The first kappa shape index (κ1) is 30.5. The highest BCUT2D eigenvalue weighted by Gasteiger charge is 2.48. The van der Waals surface area contributed by atoms with Crippen LogP contribution in [0, 0.1) is 10.8 Å². The van der Waals surface area contributed by atoms with Crippen LogP contribution in [0.25, 0.3) is 0 Å². The summed E-state index contributed by atoms with van der Waals surface area (Å²) in [5.41, 5.74) is -0.154. The zero-order valence-corrected chi connectivity index (χ0v) is 22.8. The SMILES string of the molecule is CCCCCCCCCCCCCCCCCCC(Cc1ccc(O)cc1)(C(=O)O)C(C)(C)C. The van der Waals surface area contributed by atoms with E-state index in [-0.39, 0.29) is 11.2 Å². The Balaban J connectivity index is 2.23. The summed E-state index contributed by atoms with van der Waals surface area (Å²) in [5, 5.41) is 19.8. The minimum absolute atomic E-state index is 0.221. The summed E-state index contributed by atoms with van der Waals surface area (Å²) >= 11 is 0. The topological polar surface area (TPSA) is 57.5 Å². The minimum Gasteiger partial charge on any atom is -0.508 e. The molecule has 0 spiro atoms. The molecule has 2 N–H and O–H groups in total. The molecule has 3 heteroatoms. The molecule has 1 atom stereocenters. The number of phenolic OH excluding ortho intramolecular Hbond substituents is 1. The third-order valence-electron chi connectivity index (χ3n) is 7.74. The summed E-state index contributed by atoms with van der Waals surface area (Å²) in [6.45, 7) is 8.42. The van der Waals surface area contributed by atoms with Crippen LogP contribution in [0.3, 0.4) is 0 Å². The molecule has 1 unspecified atom stereocenters. The largest absolute Gasteiger partial charge is 0.508 e. The van der Waals surface area contributed by atoms with Crippen molar-refractivity contribution in [3.63, 3.8) is 0 Å². The number of carbonyl (C=O) groups is 1. The van der Waals surface area contributed by atoms with Crippen molar-refractivity contribution >= 4 is 5.97 Å². The molecule has 0 aliphatic carbocycles. The zero-order valence-electron chi connectivity index (χ0n) is 22.8. The first-order chi connectivity index (χ1) is 16.2. The second-order valence-electron chi connectivity index (χ2n) is 11.5. The van der Waals surface area contributed by atoms with Crippen molar-refractivity contribution in [2.24, 2.45) is 10.8 Å². The standard InChI is InChI=1S/C31H54O3/c1-5-6-7-8-9-10-11-12-13-14-15-16-17-18-19-20-25-31(29(33)34,30(2,3)4)26-27-21-23-28(32)24-22-27/h21-24,32H,5-20,25-26H2,1-4H3,(H,33,34). The minimum atomic E-state index is -0.792. The van der Waals surface area contributed by atoms with Gasteiger partial charge < -0.3 is 10.2 Å². The molecule has 1 aromatic carbocycles. The molecule has 0 saturated carbocycles. The zero-order chi connectivity index (χ0) is 25.3. The fraction of sp³-hybridized carbons (Fsp3) is 0.774. The lowest BCUT2D eigenvalue weighted by Gasteiger charge is -2.42. The highest BCUT2D eigenvalue weighted by Crippen LogP contribution is 2.46. The highest BCUT2D eigenvalue weighted by atomic mass is 16.4. The second kappa shape index (κ2) is 17.0.